The molecule has 1 fully saturated rings. The summed E-state index contributed by atoms with van der Waals surface area (Å²) in [6, 6.07) is -0.499. The maximum absolute atomic E-state index is 11.9. The Morgan fingerprint density at radius 2 is 2.00 bits per heavy atom. The summed E-state index contributed by atoms with van der Waals surface area (Å²) in [6.07, 6.45) is 1.68. The SMILES string of the molecule is COC(=O)CCN(C)C(=O)NC(C)(C(=O)O)C1CC1. The number of rotatable bonds is 6. The van der Waals surface area contributed by atoms with E-state index in [0.717, 1.165) is 12.8 Å². The topological polar surface area (TPSA) is 95.9 Å². The third-order valence-electron chi connectivity index (χ3n) is 3.43. The molecule has 0 aromatic heterocycles. The van der Waals surface area contributed by atoms with Crippen molar-refractivity contribution in [3.05, 3.63) is 0 Å². The van der Waals surface area contributed by atoms with Crippen molar-refractivity contribution in [3.8, 4) is 0 Å². The van der Waals surface area contributed by atoms with Crippen molar-refractivity contribution >= 4 is 18.0 Å². The van der Waals surface area contributed by atoms with Crippen molar-refractivity contribution in [2.45, 2.75) is 31.7 Å². The molecule has 2 N–H and O–H groups in total. The number of urea groups is 1. The molecule has 2 amide bonds. The number of aliphatic carboxylic acids is 1. The van der Waals surface area contributed by atoms with Crippen LogP contribution in [0.1, 0.15) is 26.2 Å². The van der Waals surface area contributed by atoms with Crippen molar-refractivity contribution in [1.82, 2.24) is 10.2 Å². The average molecular weight is 272 g/mol. The number of carboxylic acid groups (broad SMARTS) is 1. The van der Waals surface area contributed by atoms with Crippen LogP contribution in [0.25, 0.3) is 0 Å². The van der Waals surface area contributed by atoms with Gasteiger partial charge in [-0.3, -0.25) is 4.79 Å². The molecule has 7 nitrogen and oxygen atoms in total. The second-order valence-electron chi connectivity index (χ2n) is 4.96. The van der Waals surface area contributed by atoms with Crippen molar-refractivity contribution < 1.29 is 24.2 Å². The fourth-order valence-corrected chi connectivity index (χ4v) is 1.77. The number of nitrogens with zero attached hydrogens (tertiary/aromatic N) is 1. The van der Waals surface area contributed by atoms with Gasteiger partial charge in [0.2, 0.25) is 0 Å². The van der Waals surface area contributed by atoms with E-state index in [2.05, 4.69) is 10.1 Å². The number of carbonyl (C=O) groups excluding carboxylic acids is 2. The molecule has 0 spiro atoms. The van der Waals surface area contributed by atoms with E-state index in [9.17, 15) is 19.5 Å². The highest BCUT2D eigenvalue weighted by molar-refractivity contribution is 5.86. The Labute approximate surface area is 111 Å². The Kier molecular flexibility index (Phi) is 4.74. The number of carboxylic acids is 1. The van der Waals surface area contributed by atoms with E-state index in [4.69, 9.17) is 0 Å². The van der Waals surface area contributed by atoms with E-state index in [1.165, 1.54) is 26.0 Å². The van der Waals surface area contributed by atoms with Crippen LogP contribution >= 0.6 is 0 Å². The second-order valence-corrected chi connectivity index (χ2v) is 4.96. The van der Waals surface area contributed by atoms with Crippen molar-refractivity contribution in [2.24, 2.45) is 5.92 Å². The normalized spacial score (nSPS) is 17.2. The number of carbonyl (C=O) groups is 3. The minimum Gasteiger partial charge on any atom is -0.480 e. The van der Waals surface area contributed by atoms with Gasteiger partial charge in [-0.05, 0) is 25.7 Å². The molecule has 1 aliphatic rings. The van der Waals surface area contributed by atoms with E-state index in [1.807, 2.05) is 0 Å². The third kappa shape index (κ3) is 3.84. The van der Waals surface area contributed by atoms with Gasteiger partial charge in [-0.2, -0.15) is 0 Å². The Morgan fingerprint density at radius 1 is 1.42 bits per heavy atom. The van der Waals surface area contributed by atoms with Crippen LogP contribution in [0.4, 0.5) is 4.79 Å². The number of amides is 2. The highest BCUT2D eigenvalue weighted by Crippen LogP contribution is 2.39. The van der Waals surface area contributed by atoms with Crippen LogP contribution < -0.4 is 5.32 Å². The maximum Gasteiger partial charge on any atom is 0.329 e. The number of esters is 1. The Morgan fingerprint density at radius 3 is 2.42 bits per heavy atom. The molecule has 0 bridgehead atoms. The maximum atomic E-state index is 11.9. The van der Waals surface area contributed by atoms with E-state index in [0.29, 0.717) is 0 Å². The van der Waals surface area contributed by atoms with Crippen LogP contribution in [0.2, 0.25) is 0 Å². The largest absolute Gasteiger partial charge is 0.480 e. The van der Waals surface area contributed by atoms with Gasteiger partial charge < -0.3 is 20.1 Å². The van der Waals surface area contributed by atoms with E-state index >= 15 is 0 Å². The fourth-order valence-electron chi connectivity index (χ4n) is 1.77. The number of nitrogens with one attached hydrogen (secondary N) is 1. The number of hydrogen-bond acceptors (Lipinski definition) is 4. The van der Waals surface area contributed by atoms with Crippen molar-refractivity contribution in [2.75, 3.05) is 20.7 Å². The lowest BCUT2D eigenvalue weighted by atomic mass is 9.96. The van der Waals surface area contributed by atoms with Crippen LogP contribution in [-0.4, -0.2) is 54.2 Å². The van der Waals surface area contributed by atoms with Gasteiger partial charge in [-0.15, -0.1) is 0 Å². The predicted octanol–water partition coefficient (Wildman–Crippen LogP) is 0.444. The van der Waals surface area contributed by atoms with Gasteiger partial charge >= 0.3 is 18.0 Å². The summed E-state index contributed by atoms with van der Waals surface area (Å²) in [5, 5.41) is 11.8. The molecule has 19 heavy (non-hydrogen) atoms. The van der Waals surface area contributed by atoms with E-state index in [-0.39, 0.29) is 18.9 Å². The lowest BCUT2D eigenvalue weighted by Gasteiger charge is -2.29. The van der Waals surface area contributed by atoms with Crippen LogP contribution in [0.3, 0.4) is 0 Å². The standard InChI is InChI=1S/C12H20N2O5/c1-12(10(16)17,8-4-5-8)13-11(18)14(2)7-6-9(15)19-3/h8H,4-7H2,1-3H3,(H,13,18)(H,16,17). The molecular weight excluding hydrogens is 252 g/mol. The summed E-state index contributed by atoms with van der Waals surface area (Å²) in [6.45, 7) is 1.69. The van der Waals surface area contributed by atoms with Gasteiger partial charge in [-0.1, -0.05) is 0 Å². The van der Waals surface area contributed by atoms with Crippen LogP contribution in [0.5, 0.6) is 0 Å². The summed E-state index contributed by atoms with van der Waals surface area (Å²) in [5.41, 5.74) is -1.24. The summed E-state index contributed by atoms with van der Waals surface area (Å²) in [5.74, 6) is -1.48. The highest BCUT2D eigenvalue weighted by atomic mass is 16.5. The molecule has 1 atom stereocenters. The smallest absolute Gasteiger partial charge is 0.329 e. The highest BCUT2D eigenvalue weighted by Gasteiger charge is 2.48. The Balaban J connectivity index is 2.52. The number of ether oxygens (including phenoxy) is 1. The zero-order valence-electron chi connectivity index (χ0n) is 11.4. The molecule has 1 rings (SSSR count). The van der Waals surface area contributed by atoms with Gasteiger partial charge in [0.15, 0.2) is 0 Å². The molecule has 7 heteroatoms. The minimum absolute atomic E-state index is 0.0250. The summed E-state index contributed by atoms with van der Waals surface area (Å²) < 4.78 is 4.48. The molecule has 1 saturated carbocycles. The summed E-state index contributed by atoms with van der Waals surface area (Å²) >= 11 is 0. The molecule has 0 aromatic carbocycles. The predicted molar refractivity (Wildman–Crippen MR) is 66.6 cm³/mol. The van der Waals surface area contributed by atoms with Crippen molar-refractivity contribution in [1.29, 1.82) is 0 Å². The second kappa shape index (κ2) is 5.90. The quantitative estimate of drug-likeness (QED) is 0.684. The van der Waals surface area contributed by atoms with Crippen LogP contribution in [0.15, 0.2) is 0 Å². The first-order valence-corrected chi connectivity index (χ1v) is 6.14. The molecule has 1 unspecified atom stereocenters. The Bertz CT molecular complexity index is 380. The molecule has 108 valence electrons. The molecule has 0 heterocycles. The minimum atomic E-state index is -1.24. The van der Waals surface area contributed by atoms with E-state index < -0.39 is 23.5 Å². The summed E-state index contributed by atoms with van der Waals surface area (Å²) in [4.78, 5) is 35.4. The number of methoxy groups -OCH3 is 1. The van der Waals surface area contributed by atoms with Gasteiger partial charge in [-0.25, -0.2) is 9.59 Å². The first-order valence-electron chi connectivity index (χ1n) is 6.14. The van der Waals surface area contributed by atoms with Gasteiger partial charge in [0, 0.05) is 13.6 Å². The lowest BCUT2D eigenvalue weighted by Crippen LogP contribution is -2.57. The third-order valence-corrected chi connectivity index (χ3v) is 3.43. The van der Waals surface area contributed by atoms with Crippen molar-refractivity contribution in [3.63, 3.8) is 0 Å². The monoisotopic (exact) mass is 272 g/mol. The number of hydrogen-bond donors (Lipinski definition) is 2. The fraction of sp³-hybridized carbons (Fsp3) is 0.750. The zero-order chi connectivity index (χ0) is 14.6. The molecule has 0 aliphatic heterocycles. The first-order chi connectivity index (χ1) is 8.81. The Hall–Kier alpha value is -1.79. The van der Waals surface area contributed by atoms with Crippen LogP contribution in [-0.2, 0) is 14.3 Å². The molecular formula is C12H20N2O5. The zero-order valence-corrected chi connectivity index (χ0v) is 11.4. The van der Waals surface area contributed by atoms with Gasteiger partial charge in [0.25, 0.3) is 0 Å². The molecule has 0 aromatic rings. The van der Waals surface area contributed by atoms with Gasteiger partial charge in [0.05, 0.1) is 13.5 Å². The van der Waals surface area contributed by atoms with E-state index in [1.54, 1.807) is 0 Å². The first kappa shape index (κ1) is 15.3. The molecule has 1 aliphatic carbocycles. The molecule has 0 saturated heterocycles. The summed E-state index contributed by atoms with van der Waals surface area (Å²) in [7, 11) is 2.78. The average Bonchev–Trinajstić information content (AvgIpc) is 3.19. The molecule has 0 radical (unpaired) electrons. The van der Waals surface area contributed by atoms with Gasteiger partial charge in [0.1, 0.15) is 5.54 Å². The lowest BCUT2D eigenvalue weighted by molar-refractivity contribution is -0.145. The van der Waals surface area contributed by atoms with Crippen LogP contribution in [0, 0.1) is 5.92 Å².